The van der Waals surface area contributed by atoms with Gasteiger partial charge in [-0.3, -0.25) is 0 Å². The number of hydrogen-bond donors (Lipinski definition) is 2. The number of hydrazone groups is 1. The first-order valence-electron chi connectivity index (χ1n) is 1.15. The number of nitrogens with zero attached hydrogens (tertiary/aromatic N) is 1. The van der Waals surface area contributed by atoms with Crippen LogP contribution in [0.15, 0.2) is 5.10 Å². The van der Waals surface area contributed by atoms with E-state index in [9.17, 15) is 0 Å². The average molecular weight is 90.1 g/mol. The number of nitrogens with one attached hydrogen (secondary N) is 2. The lowest BCUT2D eigenvalue weighted by Gasteiger charge is -2.02. The van der Waals surface area contributed by atoms with Gasteiger partial charge in [-0.05, 0) is 0 Å². The van der Waals surface area contributed by atoms with Gasteiger partial charge in [0.05, 0.1) is 0 Å². The van der Waals surface area contributed by atoms with Crippen molar-refractivity contribution < 1.29 is 4.94 Å². The maximum absolute atomic E-state index is 9.07. The molecule has 0 atom stereocenters. The summed E-state index contributed by atoms with van der Waals surface area (Å²) in [7, 11) is 0. The quantitative estimate of drug-likeness (QED) is 0.268. The molecule has 0 heterocycles. The van der Waals surface area contributed by atoms with Gasteiger partial charge in [-0.2, -0.15) is 15.6 Å². The van der Waals surface area contributed by atoms with Gasteiger partial charge in [-0.25, -0.2) is 5.64 Å². The molecule has 0 aliphatic carbocycles. The molecule has 0 aromatic carbocycles. The van der Waals surface area contributed by atoms with Crippen molar-refractivity contribution in [1.29, 1.82) is 0 Å². The summed E-state index contributed by atoms with van der Waals surface area (Å²) in [5.41, 5.74) is 2.86. The Morgan fingerprint density at radius 2 is 2.50 bits per heavy atom. The molecule has 0 fully saturated rings. The van der Waals surface area contributed by atoms with Crippen molar-refractivity contribution in [2.24, 2.45) is 5.10 Å². The molecule has 2 N–H and O–H groups in total. The maximum Gasteiger partial charge on any atom is 0.0130 e. The number of hydrogen-bond acceptors (Lipinski definition) is 5. The highest BCUT2D eigenvalue weighted by Gasteiger charge is 1.55. The Hall–Kier alpha value is -0.650. The van der Waals surface area contributed by atoms with Gasteiger partial charge in [0.15, 0.2) is 0 Å². The van der Waals surface area contributed by atoms with E-state index in [0.717, 1.165) is 5.64 Å². The summed E-state index contributed by atoms with van der Waals surface area (Å²) in [6, 6.07) is 0. The fraction of sp³-hybridized carbons (Fsp3) is 0. The van der Waals surface area contributed by atoms with Crippen LogP contribution in [0.2, 0.25) is 0 Å². The van der Waals surface area contributed by atoms with Crippen LogP contribution in [0, 0.1) is 5.21 Å². The zero-order valence-electron chi connectivity index (χ0n) is 2.97. The van der Waals surface area contributed by atoms with E-state index in [4.69, 9.17) is 5.21 Å². The monoisotopic (exact) mass is 90.0 g/mol. The minimum Gasteiger partial charge on any atom is -0.763 e. The second-order valence-corrected chi connectivity index (χ2v) is 0.435. The molecule has 5 nitrogen and oxygen atoms in total. The van der Waals surface area contributed by atoms with Crippen molar-refractivity contribution in [2.75, 3.05) is 0 Å². The van der Waals surface area contributed by atoms with Gasteiger partial charge in [-0.1, -0.05) is 0 Å². The topological polar surface area (TPSA) is 68.7 Å². The fourth-order valence-corrected chi connectivity index (χ4v) is 0.0509. The lowest BCUT2D eigenvalue weighted by Crippen LogP contribution is -2.14. The van der Waals surface area contributed by atoms with Gasteiger partial charge in [0.1, 0.15) is 0 Å². The third kappa shape index (κ3) is 3.35. The van der Waals surface area contributed by atoms with E-state index in [0.29, 0.717) is 0 Å². The van der Waals surface area contributed by atoms with E-state index in [-0.39, 0.29) is 0 Å². The maximum atomic E-state index is 9.07. The van der Waals surface area contributed by atoms with Crippen LogP contribution in [0.1, 0.15) is 0 Å². The minimum absolute atomic E-state index is 1.07. The first kappa shape index (κ1) is 5.35. The summed E-state index contributed by atoms with van der Waals surface area (Å²) < 4.78 is 0. The van der Waals surface area contributed by atoms with E-state index in [1.165, 1.54) is 0 Å². The van der Waals surface area contributed by atoms with E-state index in [1.54, 1.807) is 5.59 Å². The van der Waals surface area contributed by atoms with Crippen LogP contribution in [-0.2, 0) is 4.94 Å². The van der Waals surface area contributed by atoms with Crippen LogP contribution in [0.25, 0.3) is 0 Å². The first-order chi connectivity index (χ1) is 2.91. The molecule has 0 unspecified atom stereocenters. The highest BCUT2D eigenvalue weighted by atomic mass is 16.9. The third-order valence-electron chi connectivity index (χ3n) is 0.152. The SMILES string of the molecule is C=NNON[O-]. The second-order valence-electron chi connectivity index (χ2n) is 0.435. The van der Waals surface area contributed by atoms with Crippen molar-refractivity contribution in [3.63, 3.8) is 0 Å². The van der Waals surface area contributed by atoms with E-state index in [1.807, 2.05) is 0 Å². The zero-order valence-corrected chi connectivity index (χ0v) is 2.97. The molecule has 0 amide bonds. The number of rotatable bonds is 3. The molecule has 0 saturated heterocycles. The average Bonchev–Trinajstić information content (AvgIpc) is 1.61. The highest BCUT2D eigenvalue weighted by molar-refractivity contribution is 5.21. The van der Waals surface area contributed by atoms with Gasteiger partial charge in [0.2, 0.25) is 0 Å². The normalized spacial score (nSPS) is 7.50. The molecular weight excluding hydrogens is 86.0 g/mol. The van der Waals surface area contributed by atoms with Crippen molar-refractivity contribution in [2.45, 2.75) is 0 Å². The van der Waals surface area contributed by atoms with E-state index >= 15 is 0 Å². The Bertz CT molecular complexity index is 37.8. The summed E-state index contributed by atoms with van der Waals surface area (Å²) in [5.74, 6) is 0. The van der Waals surface area contributed by atoms with Crippen LogP contribution < -0.4 is 11.2 Å². The van der Waals surface area contributed by atoms with Crippen molar-refractivity contribution in [3.8, 4) is 0 Å². The largest absolute Gasteiger partial charge is 0.763 e. The molecule has 0 aromatic rings. The van der Waals surface area contributed by atoms with Crippen molar-refractivity contribution >= 4 is 6.72 Å². The molecular formula is CH4N3O2-. The molecule has 0 rings (SSSR count). The Morgan fingerprint density at radius 1 is 1.83 bits per heavy atom. The Kier molecular flexibility index (Phi) is 3.88. The van der Waals surface area contributed by atoms with Crippen molar-refractivity contribution in [3.05, 3.63) is 5.21 Å². The Balaban J connectivity index is 2.49. The van der Waals surface area contributed by atoms with E-state index in [2.05, 4.69) is 16.8 Å². The highest BCUT2D eigenvalue weighted by Crippen LogP contribution is 1.47. The van der Waals surface area contributed by atoms with Crippen LogP contribution >= 0.6 is 0 Å². The summed E-state index contributed by atoms with van der Waals surface area (Å²) in [6.07, 6.45) is 0. The van der Waals surface area contributed by atoms with Gasteiger partial charge in [-0.15, -0.1) is 0 Å². The summed E-state index contributed by atoms with van der Waals surface area (Å²) >= 11 is 0. The van der Waals surface area contributed by atoms with Crippen LogP contribution in [0.3, 0.4) is 0 Å². The van der Waals surface area contributed by atoms with Gasteiger partial charge < -0.3 is 5.21 Å². The van der Waals surface area contributed by atoms with Gasteiger partial charge in [0, 0.05) is 6.72 Å². The molecule has 0 spiro atoms. The molecule has 0 aromatic heterocycles. The molecule has 0 aliphatic rings. The molecule has 36 valence electrons. The van der Waals surface area contributed by atoms with Gasteiger partial charge in [0.25, 0.3) is 0 Å². The second kappa shape index (κ2) is 4.35. The van der Waals surface area contributed by atoms with Gasteiger partial charge >= 0.3 is 0 Å². The standard InChI is InChI=1S/CH4N3O2/c1-2-3-6-4-5/h3-4H,1H2/q-1. The van der Waals surface area contributed by atoms with Crippen LogP contribution in [0.4, 0.5) is 0 Å². The van der Waals surface area contributed by atoms with E-state index < -0.39 is 0 Å². The summed E-state index contributed by atoms with van der Waals surface area (Å²) in [5, 5.41) is 12.0. The molecule has 0 radical (unpaired) electrons. The lowest BCUT2D eigenvalue weighted by atomic mass is 11.7. The minimum atomic E-state index is 1.07. The third-order valence-corrected chi connectivity index (χ3v) is 0.152. The molecule has 0 aliphatic heterocycles. The predicted octanol–water partition coefficient (Wildman–Crippen LogP) is -0.874. The lowest BCUT2D eigenvalue weighted by molar-refractivity contribution is -0.0121. The summed E-state index contributed by atoms with van der Waals surface area (Å²) in [4.78, 5) is 3.70. The van der Waals surface area contributed by atoms with Crippen LogP contribution in [-0.4, -0.2) is 6.72 Å². The smallest absolute Gasteiger partial charge is 0.0130 e. The Morgan fingerprint density at radius 3 is 2.67 bits per heavy atom. The fourth-order valence-electron chi connectivity index (χ4n) is 0.0509. The Labute approximate surface area is 34.5 Å². The zero-order chi connectivity index (χ0) is 4.83. The molecule has 0 bridgehead atoms. The first-order valence-corrected chi connectivity index (χ1v) is 1.15. The van der Waals surface area contributed by atoms with Crippen molar-refractivity contribution in [1.82, 2.24) is 11.2 Å². The van der Waals surface area contributed by atoms with Crippen LogP contribution in [0.5, 0.6) is 0 Å². The molecule has 5 heteroatoms. The summed E-state index contributed by atoms with van der Waals surface area (Å²) in [6.45, 7) is 2.93. The predicted molar refractivity (Wildman–Crippen MR) is 20.3 cm³/mol. The molecule has 6 heavy (non-hydrogen) atoms. The molecule has 0 saturated carbocycles.